The van der Waals surface area contributed by atoms with Gasteiger partial charge in [0.25, 0.3) is 0 Å². The van der Waals surface area contributed by atoms with Crippen LogP contribution >= 0.6 is 0 Å². The molecule has 0 radical (unpaired) electrons. The molecule has 1 aliphatic carbocycles. The summed E-state index contributed by atoms with van der Waals surface area (Å²) in [6, 6.07) is 0. The molecule has 1 saturated carbocycles. The fraction of sp³-hybridized carbons (Fsp3) is 0.750. The quantitative estimate of drug-likeness (QED) is 0.745. The van der Waals surface area contributed by atoms with E-state index in [0.717, 1.165) is 24.8 Å². The maximum absolute atomic E-state index is 4.20. The van der Waals surface area contributed by atoms with E-state index in [2.05, 4.69) is 15.3 Å². The van der Waals surface area contributed by atoms with Gasteiger partial charge in [-0.3, -0.25) is 0 Å². The predicted molar refractivity (Wildman–Crippen MR) is 61.5 cm³/mol. The summed E-state index contributed by atoms with van der Waals surface area (Å²) in [6.07, 6.45) is 12.2. The van der Waals surface area contributed by atoms with Gasteiger partial charge >= 0.3 is 0 Å². The van der Waals surface area contributed by atoms with Crippen molar-refractivity contribution in [3.05, 3.63) is 18.2 Å². The van der Waals surface area contributed by atoms with Crippen LogP contribution in [0.25, 0.3) is 0 Å². The Balaban J connectivity index is 1.64. The molecule has 1 heterocycles. The van der Waals surface area contributed by atoms with Crippen LogP contribution < -0.4 is 5.32 Å². The van der Waals surface area contributed by atoms with Gasteiger partial charge in [-0.25, -0.2) is 4.98 Å². The van der Waals surface area contributed by atoms with Crippen molar-refractivity contribution in [3.63, 3.8) is 0 Å². The van der Waals surface area contributed by atoms with E-state index < -0.39 is 0 Å². The summed E-state index contributed by atoms with van der Waals surface area (Å²) in [4.78, 5) is 7.31. The average Bonchev–Trinajstić information content (AvgIpc) is 2.62. The van der Waals surface area contributed by atoms with Crippen molar-refractivity contribution in [2.75, 3.05) is 6.54 Å². The molecule has 15 heavy (non-hydrogen) atoms. The number of H-pyrrole nitrogens is 1. The number of imidazole rings is 1. The molecule has 2 N–H and O–H groups in total. The number of rotatable bonds is 4. The Bertz CT molecular complexity index is 248. The summed E-state index contributed by atoms with van der Waals surface area (Å²) < 4.78 is 0. The molecule has 0 bridgehead atoms. The van der Waals surface area contributed by atoms with E-state index in [1.807, 2.05) is 12.4 Å². The minimum atomic E-state index is 0.878. The van der Waals surface area contributed by atoms with Crippen molar-refractivity contribution in [1.29, 1.82) is 0 Å². The van der Waals surface area contributed by atoms with E-state index in [9.17, 15) is 0 Å². The Morgan fingerprint density at radius 1 is 1.27 bits per heavy atom. The topological polar surface area (TPSA) is 40.7 Å². The van der Waals surface area contributed by atoms with Crippen LogP contribution in [0, 0.1) is 5.92 Å². The van der Waals surface area contributed by atoms with Gasteiger partial charge in [-0.2, -0.15) is 0 Å². The molecule has 0 amide bonds. The minimum Gasteiger partial charge on any atom is -0.348 e. The highest BCUT2D eigenvalue weighted by atomic mass is 15.0. The molecule has 1 aromatic heterocycles. The second-order valence-corrected chi connectivity index (χ2v) is 4.52. The third-order valence-corrected chi connectivity index (χ3v) is 3.26. The molecule has 84 valence electrons. The number of hydrogen-bond acceptors (Lipinski definition) is 2. The highest BCUT2D eigenvalue weighted by Crippen LogP contribution is 2.21. The van der Waals surface area contributed by atoms with Gasteiger partial charge in [0.05, 0.1) is 6.54 Å². The first-order valence-corrected chi connectivity index (χ1v) is 6.14. The molecule has 2 rings (SSSR count). The van der Waals surface area contributed by atoms with Crippen LogP contribution in [0.4, 0.5) is 0 Å². The molecule has 1 aliphatic rings. The van der Waals surface area contributed by atoms with Crippen molar-refractivity contribution in [2.45, 2.75) is 45.1 Å². The van der Waals surface area contributed by atoms with Crippen molar-refractivity contribution in [3.8, 4) is 0 Å². The van der Waals surface area contributed by atoms with E-state index in [1.165, 1.54) is 38.5 Å². The van der Waals surface area contributed by atoms with Gasteiger partial charge in [0.1, 0.15) is 5.82 Å². The highest BCUT2D eigenvalue weighted by Gasteiger charge is 2.11. The number of nitrogens with zero attached hydrogens (tertiary/aromatic N) is 1. The predicted octanol–water partition coefficient (Wildman–Crippen LogP) is 2.47. The Kier molecular flexibility index (Phi) is 4.21. The Labute approximate surface area is 91.7 Å². The van der Waals surface area contributed by atoms with Crippen molar-refractivity contribution < 1.29 is 0 Å². The fourth-order valence-electron chi connectivity index (χ4n) is 2.36. The molecule has 0 atom stereocenters. The van der Waals surface area contributed by atoms with Crippen molar-refractivity contribution in [2.24, 2.45) is 5.92 Å². The Hall–Kier alpha value is -0.830. The van der Waals surface area contributed by atoms with Crippen molar-refractivity contribution >= 4 is 0 Å². The molecule has 0 aliphatic heterocycles. The zero-order valence-electron chi connectivity index (χ0n) is 9.34. The SMILES string of the molecule is c1c[nH]c(CNCC2CCCCCC2)n1. The molecule has 1 fully saturated rings. The number of aromatic amines is 1. The molecule has 0 spiro atoms. The van der Waals surface area contributed by atoms with Crippen LogP contribution in [-0.4, -0.2) is 16.5 Å². The zero-order chi connectivity index (χ0) is 10.3. The Morgan fingerprint density at radius 3 is 2.73 bits per heavy atom. The van der Waals surface area contributed by atoms with E-state index in [-0.39, 0.29) is 0 Å². The first-order valence-electron chi connectivity index (χ1n) is 6.14. The Morgan fingerprint density at radius 2 is 2.07 bits per heavy atom. The van der Waals surface area contributed by atoms with Gasteiger partial charge in [-0.15, -0.1) is 0 Å². The first-order chi connectivity index (χ1) is 7.45. The van der Waals surface area contributed by atoms with Crippen LogP contribution in [0.5, 0.6) is 0 Å². The number of hydrogen-bond donors (Lipinski definition) is 2. The van der Waals surface area contributed by atoms with Crippen LogP contribution in [0.2, 0.25) is 0 Å². The number of nitrogens with one attached hydrogen (secondary N) is 2. The lowest BCUT2D eigenvalue weighted by Crippen LogP contribution is -2.22. The lowest BCUT2D eigenvalue weighted by atomic mass is 10.0. The van der Waals surface area contributed by atoms with Gasteiger partial charge in [0, 0.05) is 12.4 Å². The second kappa shape index (κ2) is 5.91. The van der Waals surface area contributed by atoms with E-state index in [1.54, 1.807) is 0 Å². The largest absolute Gasteiger partial charge is 0.348 e. The maximum atomic E-state index is 4.20. The van der Waals surface area contributed by atoms with E-state index in [4.69, 9.17) is 0 Å². The van der Waals surface area contributed by atoms with E-state index in [0.29, 0.717) is 0 Å². The monoisotopic (exact) mass is 207 g/mol. The van der Waals surface area contributed by atoms with Gasteiger partial charge < -0.3 is 10.3 Å². The first kappa shape index (κ1) is 10.7. The summed E-state index contributed by atoms with van der Waals surface area (Å²) in [5.74, 6) is 1.94. The molecule has 0 saturated heterocycles. The molecule has 0 aromatic carbocycles. The maximum Gasteiger partial charge on any atom is 0.120 e. The summed E-state index contributed by atoms with van der Waals surface area (Å²) >= 11 is 0. The molecule has 0 unspecified atom stereocenters. The third-order valence-electron chi connectivity index (χ3n) is 3.26. The van der Waals surface area contributed by atoms with Gasteiger partial charge in [0.15, 0.2) is 0 Å². The third kappa shape index (κ3) is 3.67. The van der Waals surface area contributed by atoms with Crippen LogP contribution in [-0.2, 0) is 6.54 Å². The summed E-state index contributed by atoms with van der Waals surface area (Å²) in [6.45, 7) is 2.03. The smallest absolute Gasteiger partial charge is 0.120 e. The normalized spacial score (nSPS) is 18.9. The van der Waals surface area contributed by atoms with Crippen LogP contribution in [0.1, 0.15) is 44.3 Å². The summed E-state index contributed by atoms with van der Waals surface area (Å²) in [5, 5.41) is 3.49. The molecule has 3 nitrogen and oxygen atoms in total. The minimum absolute atomic E-state index is 0.878. The highest BCUT2D eigenvalue weighted by molar-refractivity contribution is 4.86. The average molecular weight is 207 g/mol. The lowest BCUT2D eigenvalue weighted by Gasteiger charge is -2.13. The standard InChI is InChI=1S/C12H21N3/c1-2-4-6-11(5-3-1)9-13-10-12-14-7-8-15-12/h7-8,11,13H,1-6,9-10H2,(H,14,15). The van der Waals surface area contributed by atoms with Crippen LogP contribution in [0.3, 0.4) is 0 Å². The molecule has 3 heteroatoms. The fourth-order valence-corrected chi connectivity index (χ4v) is 2.36. The zero-order valence-corrected chi connectivity index (χ0v) is 9.34. The van der Waals surface area contributed by atoms with Crippen LogP contribution in [0.15, 0.2) is 12.4 Å². The van der Waals surface area contributed by atoms with Gasteiger partial charge in [-0.1, -0.05) is 25.7 Å². The van der Waals surface area contributed by atoms with E-state index >= 15 is 0 Å². The molecular formula is C12H21N3. The lowest BCUT2D eigenvalue weighted by molar-refractivity contribution is 0.423. The molecular weight excluding hydrogens is 186 g/mol. The molecule has 1 aromatic rings. The summed E-state index contributed by atoms with van der Waals surface area (Å²) in [7, 11) is 0. The van der Waals surface area contributed by atoms with Crippen molar-refractivity contribution in [1.82, 2.24) is 15.3 Å². The summed E-state index contributed by atoms with van der Waals surface area (Å²) in [5.41, 5.74) is 0. The van der Waals surface area contributed by atoms with Gasteiger partial charge in [-0.05, 0) is 25.3 Å². The van der Waals surface area contributed by atoms with Gasteiger partial charge in [0.2, 0.25) is 0 Å². The number of aromatic nitrogens is 2. The second-order valence-electron chi connectivity index (χ2n) is 4.52.